The highest BCUT2D eigenvalue weighted by molar-refractivity contribution is 7.91. The number of carbonyl (C=O) groups is 1. The minimum atomic E-state index is -3.72. The van der Waals surface area contributed by atoms with Gasteiger partial charge in [-0.2, -0.15) is 4.31 Å². The minimum Gasteiger partial charge on any atom is -0.477 e. The smallest absolute Gasteiger partial charge is 0.345 e. The maximum Gasteiger partial charge on any atom is 0.345 e. The number of nitrogens with zero attached hydrogens (tertiary/aromatic N) is 1. The summed E-state index contributed by atoms with van der Waals surface area (Å²) < 4.78 is 26.3. The van der Waals surface area contributed by atoms with Gasteiger partial charge in [0.15, 0.2) is 0 Å². The standard InChI is InChI=1S/C12H17NO4S2/c1-5-8-13(12(2,3)4)19(16,17)10-7-6-9(18-10)11(14)15/h5-7H,1,8H2,2-4H3,(H,14,15). The molecule has 5 nitrogen and oxygen atoms in total. The third-order valence-electron chi connectivity index (χ3n) is 2.38. The Kier molecular flexibility index (Phi) is 4.54. The molecule has 7 heteroatoms. The fraction of sp³-hybridized carbons (Fsp3) is 0.417. The first-order chi connectivity index (χ1) is 8.60. The summed E-state index contributed by atoms with van der Waals surface area (Å²) in [6.45, 7) is 9.06. The van der Waals surface area contributed by atoms with E-state index in [4.69, 9.17) is 5.11 Å². The van der Waals surface area contributed by atoms with E-state index in [0.717, 1.165) is 11.3 Å². The largest absolute Gasteiger partial charge is 0.477 e. The number of hydrogen-bond donors (Lipinski definition) is 1. The fourth-order valence-electron chi connectivity index (χ4n) is 1.53. The van der Waals surface area contributed by atoms with Crippen molar-refractivity contribution in [2.24, 2.45) is 0 Å². The molecule has 1 rings (SSSR count). The lowest BCUT2D eigenvalue weighted by atomic mass is 10.1. The highest BCUT2D eigenvalue weighted by Gasteiger charge is 2.34. The van der Waals surface area contributed by atoms with E-state index in [1.54, 1.807) is 20.8 Å². The topological polar surface area (TPSA) is 74.7 Å². The molecule has 1 aromatic heterocycles. The second-order valence-electron chi connectivity index (χ2n) is 4.92. The first kappa shape index (κ1) is 15.9. The average molecular weight is 303 g/mol. The molecule has 0 aromatic carbocycles. The van der Waals surface area contributed by atoms with Crippen molar-refractivity contribution in [1.82, 2.24) is 4.31 Å². The van der Waals surface area contributed by atoms with Crippen LogP contribution in [0.5, 0.6) is 0 Å². The summed E-state index contributed by atoms with van der Waals surface area (Å²) in [6, 6.07) is 2.62. The van der Waals surface area contributed by atoms with Crippen LogP contribution in [0.25, 0.3) is 0 Å². The molecule has 0 aliphatic heterocycles. The van der Waals surface area contributed by atoms with Crippen LogP contribution in [0.4, 0.5) is 0 Å². The molecule has 0 amide bonds. The van der Waals surface area contributed by atoms with Gasteiger partial charge in [-0.05, 0) is 32.9 Å². The molecule has 0 aliphatic rings. The zero-order valence-electron chi connectivity index (χ0n) is 11.1. The highest BCUT2D eigenvalue weighted by Crippen LogP contribution is 2.29. The van der Waals surface area contributed by atoms with Crippen LogP contribution < -0.4 is 0 Å². The van der Waals surface area contributed by atoms with E-state index >= 15 is 0 Å². The van der Waals surface area contributed by atoms with Crippen molar-refractivity contribution in [1.29, 1.82) is 0 Å². The first-order valence-electron chi connectivity index (χ1n) is 5.57. The molecule has 106 valence electrons. The molecule has 0 saturated heterocycles. The number of hydrogen-bond acceptors (Lipinski definition) is 4. The van der Waals surface area contributed by atoms with Crippen molar-refractivity contribution in [2.75, 3.05) is 6.54 Å². The van der Waals surface area contributed by atoms with Gasteiger partial charge >= 0.3 is 5.97 Å². The summed E-state index contributed by atoms with van der Waals surface area (Å²) in [5.74, 6) is -1.13. The summed E-state index contributed by atoms with van der Waals surface area (Å²) in [5.41, 5.74) is -0.611. The molecule has 19 heavy (non-hydrogen) atoms. The summed E-state index contributed by atoms with van der Waals surface area (Å²) in [4.78, 5) is 10.8. The van der Waals surface area contributed by atoms with E-state index in [1.807, 2.05) is 0 Å². The summed E-state index contributed by atoms with van der Waals surface area (Å²) in [6.07, 6.45) is 1.51. The van der Waals surface area contributed by atoms with Crippen LogP contribution in [0.1, 0.15) is 30.4 Å². The summed E-state index contributed by atoms with van der Waals surface area (Å²) >= 11 is 0.755. The van der Waals surface area contributed by atoms with E-state index in [1.165, 1.54) is 22.5 Å². The third-order valence-corrected chi connectivity index (χ3v) is 6.05. The van der Waals surface area contributed by atoms with Crippen molar-refractivity contribution < 1.29 is 18.3 Å². The van der Waals surface area contributed by atoms with Crippen molar-refractivity contribution in [3.8, 4) is 0 Å². The van der Waals surface area contributed by atoms with E-state index in [-0.39, 0.29) is 15.6 Å². The van der Waals surface area contributed by atoms with E-state index in [0.29, 0.717) is 0 Å². The lowest BCUT2D eigenvalue weighted by molar-refractivity contribution is 0.0702. The Hall–Kier alpha value is -1.18. The van der Waals surface area contributed by atoms with Crippen LogP contribution in [0, 0.1) is 0 Å². The monoisotopic (exact) mass is 303 g/mol. The Balaban J connectivity index is 3.26. The number of carboxylic acid groups (broad SMARTS) is 1. The number of aromatic carboxylic acids is 1. The fourth-order valence-corrected chi connectivity index (χ4v) is 4.55. The van der Waals surface area contributed by atoms with Crippen molar-refractivity contribution in [2.45, 2.75) is 30.5 Å². The van der Waals surface area contributed by atoms with Crippen LogP contribution in [0.2, 0.25) is 0 Å². The minimum absolute atomic E-state index is 0.00559. The molecule has 0 bridgehead atoms. The third kappa shape index (κ3) is 3.43. The molecule has 0 atom stereocenters. The number of carboxylic acids is 1. The summed E-state index contributed by atoms with van der Waals surface area (Å²) in [5, 5.41) is 8.85. The van der Waals surface area contributed by atoms with Gasteiger partial charge in [0.25, 0.3) is 10.0 Å². The quantitative estimate of drug-likeness (QED) is 0.848. The Morgan fingerprint density at radius 3 is 2.42 bits per heavy atom. The second kappa shape index (κ2) is 5.44. The molecule has 1 N–H and O–H groups in total. The van der Waals surface area contributed by atoms with Gasteiger partial charge in [-0.25, -0.2) is 13.2 Å². The highest BCUT2D eigenvalue weighted by atomic mass is 32.2. The van der Waals surface area contributed by atoms with Gasteiger partial charge in [-0.15, -0.1) is 17.9 Å². The van der Waals surface area contributed by atoms with Crippen LogP contribution >= 0.6 is 11.3 Å². The van der Waals surface area contributed by atoms with Gasteiger partial charge in [-0.3, -0.25) is 0 Å². The lowest BCUT2D eigenvalue weighted by Gasteiger charge is -2.33. The maximum absolute atomic E-state index is 12.5. The van der Waals surface area contributed by atoms with E-state index in [9.17, 15) is 13.2 Å². The molecule has 1 heterocycles. The molecular formula is C12H17NO4S2. The van der Waals surface area contributed by atoms with Gasteiger partial charge in [0.05, 0.1) is 0 Å². The van der Waals surface area contributed by atoms with Crippen LogP contribution in [-0.4, -0.2) is 35.9 Å². The number of thiophene rings is 1. The first-order valence-corrected chi connectivity index (χ1v) is 7.83. The Labute approximate surface area is 117 Å². The Morgan fingerprint density at radius 2 is 2.05 bits per heavy atom. The predicted octanol–water partition coefficient (Wildman–Crippen LogP) is 2.42. The average Bonchev–Trinajstić information content (AvgIpc) is 2.73. The summed E-state index contributed by atoms with van der Waals surface area (Å²) in [7, 11) is -3.72. The second-order valence-corrected chi connectivity index (χ2v) is 8.09. The number of rotatable bonds is 5. The van der Waals surface area contributed by atoms with Crippen LogP contribution in [-0.2, 0) is 10.0 Å². The molecular weight excluding hydrogens is 286 g/mol. The van der Waals surface area contributed by atoms with Crippen molar-refractivity contribution >= 4 is 27.3 Å². The molecule has 1 aromatic rings. The van der Waals surface area contributed by atoms with Crippen molar-refractivity contribution in [3.05, 3.63) is 29.7 Å². The van der Waals surface area contributed by atoms with Gasteiger partial charge in [0, 0.05) is 12.1 Å². The van der Waals surface area contributed by atoms with Gasteiger partial charge in [0.2, 0.25) is 0 Å². The maximum atomic E-state index is 12.5. The van der Waals surface area contributed by atoms with E-state index in [2.05, 4.69) is 6.58 Å². The van der Waals surface area contributed by atoms with Gasteiger partial charge in [0.1, 0.15) is 9.09 Å². The van der Waals surface area contributed by atoms with Crippen LogP contribution in [0.15, 0.2) is 29.0 Å². The van der Waals surface area contributed by atoms with Crippen molar-refractivity contribution in [3.63, 3.8) is 0 Å². The van der Waals surface area contributed by atoms with Gasteiger partial charge < -0.3 is 5.11 Å². The Morgan fingerprint density at radius 1 is 1.47 bits per heavy atom. The van der Waals surface area contributed by atoms with Crippen LogP contribution in [0.3, 0.4) is 0 Å². The molecule has 0 aliphatic carbocycles. The zero-order valence-corrected chi connectivity index (χ0v) is 12.7. The number of sulfonamides is 1. The normalized spacial score (nSPS) is 12.6. The lowest BCUT2D eigenvalue weighted by Crippen LogP contribution is -2.45. The van der Waals surface area contributed by atoms with E-state index < -0.39 is 21.5 Å². The Bertz CT molecular complexity index is 581. The SMILES string of the molecule is C=CCN(C(C)(C)C)S(=O)(=O)c1ccc(C(=O)O)s1. The predicted molar refractivity (Wildman–Crippen MR) is 75.1 cm³/mol. The van der Waals surface area contributed by atoms with Gasteiger partial charge in [-0.1, -0.05) is 6.08 Å². The molecule has 0 spiro atoms. The molecule has 0 fully saturated rings. The molecule has 0 unspecified atom stereocenters. The molecule has 0 saturated carbocycles. The molecule has 0 radical (unpaired) electrons. The zero-order chi connectivity index (χ0) is 14.8.